The maximum atomic E-state index is 11.8. The summed E-state index contributed by atoms with van der Waals surface area (Å²) >= 11 is 0. The molecule has 0 aromatic heterocycles. The van der Waals surface area contributed by atoms with E-state index in [-0.39, 0.29) is 16.6 Å². The molecule has 19 heavy (non-hydrogen) atoms. The molecule has 1 aromatic rings. The molecule has 0 spiro atoms. The normalized spacial score (nSPS) is 19.7. The molecule has 0 fully saturated rings. The van der Waals surface area contributed by atoms with Crippen LogP contribution in [0.2, 0.25) is 0 Å². The highest BCUT2D eigenvalue weighted by Crippen LogP contribution is 2.47. The third-order valence-corrected chi connectivity index (χ3v) is 4.41. The van der Waals surface area contributed by atoms with E-state index in [2.05, 4.69) is 33.8 Å². The SMILES string of the molecule is COc1[c]c2c(cc1C(C)=O)C(C)(C)CCC2(C)C. The number of hydrogen-bond acceptors (Lipinski definition) is 2. The lowest BCUT2D eigenvalue weighted by atomic mass is 9.63. The lowest BCUT2D eigenvalue weighted by molar-refractivity contribution is 0.101. The fourth-order valence-electron chi connectivity index (χ4n) is 2.90. The number of hydrogen-bond donors (Lipinski definition) is 0. The van der Waals surface area contributed by atoms with Gasteiger partial charge in [0.2, 0.25) is 0 Å². The molecule has 2 heteroatoms. The van der Waals surface area contributed by atoms with Crippen molar-refractivity contribution in [2.75, 3.05) is 7.11 Å². The summed E-state index contributed by atoms with van der Waals surface area (Å²) in [4.78, 5) is 11.8. The van der Waals surface area contributed by atoms with Gasteiger partial charge in [0, 0.05) is 6.07 Å². The third-order valence-electron chi connectivity index (χ3n) is 4.41. The Balaban J connectivity index is 2.74. The minimum absolute atomic E-state index is 0.0371. The first-order valence-electron chi connectivity index (χ1n) is 6.85. The van der Waals surface area contributed by atoms with Gasteiger partial charge in [0.25, 0.3) is 0 Å². The van der Waals surface area contributed by atoms with E-state index < -0.39 is 0 Å². The summed E-state index contributed by atoms with van der Waals surface area (Å²) < 4.78 is 5.36. The number of Topliss-reactive ketones (excluding diaryl/α,β-unsaturated/α-hetero) is 1. The van der Waals surface area contributed by atoms with E-state index in [0.29, 0.717) is 11.3 Å². The van der Waals surface area contributed by atoms with Crippen LogP contribution in [0.5, 0.6) is 5.75 Å². The molecule has 0 saturated carbocycles. The van der Waals surface area contributed by atoms with Crippen LogP contribution >= 0.6 is 0 Å². The smallest absolute Gasteiger partial charge is 0.163 e. The first kappa shape index (κ1) is 14.1. The van der Waals surface area contributed by atoms with E-state index in [0.717, 1.165) is 12.8 Å². The Morgan fingerprint density at radius 1 is 1.21 bits per heavy atom. The quantitative estimate of drug-likeness (QED) is 0.749. The zero-order valence-corrected chi connectivity index (χ0v) is 12.8. The summed E-state index contributed by atoms with van der Waals surface area (Å²) in [5, 5.41) is 0. The third kappa shape index (κ3) is 2.29. The fraction of sp³-hybridized carbons (Fsp3) is 0.588. The van der Waals surface area contributed by atoms with Crippen LogP contribution in [0.3, 0.4) is 0 Å². The standard InChI is InChI=1S/C17H23O2/c1-11(18)12-9-13-14(10-15(12)19-6)17(4,5)8-7-16(13,2)3/h9H,7-8H2,1-6H3. The molecule has 1 radical (unpaired) electrons. The minimum Gasteiger partial charge on any atom is -0.495 e. The van der Waals surface area contributed by atoms with E-state index in [1.807, 2.05) is 6.07 Å². The van der Waals surface area contributed by atoms with Gasteiger partial charge in [-0.15, -0.1) is 0 Å². The van der Waals surface area contributed by atoms with Crippen molar-refractivity contribution in [2.45, 2.75) is 58.3 Å². The predicted octanol–water partition coefficient (Wildman–Crippen LogP) is 4.05. The van der Waals surface area contributed by atoms with Gasteiger partial charge in [-0.3, -0.25) is 4.79 Å². The van der Waals surface area contributed by atoms with Crippen molar-refractivity contribution in [3.8, 4) is 5.75 Å². The number of carbonyl (C=O) groups excluding carboxylic acids is 1. The van der Waals surface area contributed by atoms with Crippen molar-refractivity contribution >= 4 is 5.78 Å². The van der Waals surface area contributed by atoms with Crippen LogP contribution in [-0.4, -0.2) is 12.9 Å². The number of carbonyl (C=O) groups is 1. The number of methoxy groups -OCH3 is 1. The highest BCUT2D eigenvalue weighted by molar-refractivity contribution is 5.97. The van der Waals surface area contributed by atoms with Gasteiger partial charge in [0.1, 0.15) is 5.75 Å². The van der Waals surface area contributed by atoms with Crippen molar-refractivity contribution in [1.82, 2.24) is 0 Å². The van der Waals surface area contributed by atoms with E-state index in [4.69, 9.17) is 4.74 Å². The van der Waals surface area contributed by atoms with Gasteiger partial charge in [-0.25, -0.2) is 0 Å². The van der Waals surface area contributed by atoms with Gasteiger partial charge in [0.15, 0.2) is 5.78 Å². The van der Waals surface area contributed by atoms with Gasteiger partial charge in [-0.1, -0.05) is 27.7 Å². The van der Waals surface area contributed by atoms with Gasteiger partial charge in [0.05, 0.1) is 12.7 Å². The highest BCUT2D eigenvalue weighted by Gasteiger charge is 2.38. The lowest BCUT2D eigenvalue weighted by Gasteiger charge is -2.42. The molecule has 0 heterocycles. The first-order valence-corrected chi connectivity index (χ1v) is 6.85. The molecule has 0 atom stereocenters. The van der Waals surface area contributed by atoms with Crippen molar-refractivity contribution in [3.05, 3.63) is 28.8 Å². The van der Waals surface area contributed by atoms with Crippen LogP contribution in [-0.2, 0) is 10.8 Å². The fourth-order valence-corrected chi connectivity index (χ4v) is 2.90. The van der Waals surface area contributed by atoms with Crippen molar-refractivity contribution in [1.29, 1.82) is 0 Å². The average molecular weight is 259 g/mol. The van der Waals surface area contributed by atoms with Crippen LogP contribution < -0.4 is 4.74 Å². The molecule has 2 rings (SSSR count). The van der Waals surface area contributed by atoms with Crippen LogP contribution in [0.25, 0.3) is 0 Å². The van der Waals surface area contributed by atoms with Crippen molar-refractivity contribution in [3.63, 3.8) is 0 Å². The number of ketones is 1. The Hall–Kier alpha value is -1.31. The van der Waals surface area contributed by atoms with E-state index in [1.165, 1.54) is 11.1 Å². The largest absolute Gasteiger partial charge is 0.495 e. The summed E-state index contributed by atoms with van der Waals surface area (Å²) in [6, 6.07) is 5.39. The molecule has 2 nitrogen and oxygen atoms in total. The van der Waals surface area contributed by atoms with Crippen LogP contribution in [0, 0.1) is 6.07 Å². The monoisotopic (exact) mass is 259 g/mol. The zero-order valence-electron chi connectivity index (χ0n) is 12.8. The summed E-state index contributed by atoms with van der Waals surface area (Å²) in [5.74, 6) is 0.618. The highest BCUT2D eigenvalue weighted by atomic mass is 16.5. The first-order chi connectivity index (χ1) is 8.69. The zero-order chi connectivity index (χ0) is 14.4. The van der Waals surface area contributed by atoms with Crippen molar-refractivity contribution < 1.29 is 9.53 Å². The van der Waals surface area contributed by atoms with Gasteiger partial charge in [-0.2, -0.15) is 0 Å². The Bertz CT molecular complexity index is 524. The summed E-state index contributed by atoms with van der Waals surface area (Å²) in [7, 11) is 1.60. The molecule has 1 aliphatic carbocycles. The maximum absolute atomic E-state index is 11.8. The van der Waals surface area contributed by atoms with E-state index in [9.17, 15) is 4.79 Å². The molecule has 1 aliphatic rings. The van der Waals surface area contributed by atoms with E-state index in [1.54, 1.807) is 14.0 Å². The van der Waals surface area contributed by atoms with E-state index >= 15 is 0 Å². The average Bonchev–Trinajstić information content (AvgIpc) is 2.33. The van der Waals surface area contributed by atoms with Gasteiger partial charge < -0.3 is 4.74 Å². The second kappa shape index (κ2) is 4.36. The second-order valence-electron chi connectivity index (χ2n) is 6.83. The summed E-state index contributed by atoms with van der Waals surface area (Å²) in [6.45, 7) is 10.5. The van der Waals surface area contributed by atoms with Crippen molar-refractivity contribution in [2.24, 2.45) is 0 Å². The number of ether oxygens (including phenoxy) is 1. The second-order valence-corrected chi connectivity index (χ2v) is 6.83. The Morgan fingerprint density at radius 2 is 1.79 bits per heavy atom. The molecular weight excluding hydrogens is 236 g/mol. The molecule has 0 aliphatic heterocycles. The Kier molecular flexibility index (Phi) is 3.24. The molecule has 0 N–H and O–H groups in total. The lowest BCUT2D eigenvalue weighted by Crippen LogP contribution is -2.34. The summed E-state index contributed by atoms with van der Waals surface area (Å²) in [6.07, 6.45) is 2.26. The maximum Gasteiger partial charge on any atom is 0.163 e. The van der Waals surface area contributed by atoms with Crippen LogP contribution in [0.4, 0.5) is 0 Å². The Morgan fingerprint density at radius 3 is 2.32 bits per heavy atom. The van der Waals surface area contributed by atoms with Crippen LogP contribution in [0.1, 0.15) is 68.9 Å². The molecule has 0 saturated heterocycles. The Labute approximate surface area is 116 Å². The number of rotatable bonds is 2. The number of benzene rings is 1. The number of fused-ring (bicyclic) bond motifs is 1. The summed E-state index contributed by atoms with van der Waals surface area (Å²) in [5.41, 5.74) is 3.28. The topological polar surface area (TPSA) is 26.3 Å². The molecule has 0 amide bonds. The van der Waals surface area contributed by atoms with Gasteiger partial charge in [-0.05, 0) is 47.8 Å². The molecule has 0 unspecified atom stereocenters. The van der Waals surface area contributed by atoms with Crippen LogP contribution in [0.15, 0.2) is 6.07 Å². The molecule has 1 aromatic carbocycles. The predicted molar refractivity (Wildman–Crippen MR) is 77.1 cm³/mol. The molecule has 0 bridgehead atoms. The molecular formula is C17H23O2. The van der Waals surface area contributed by atoms with Gasteiger partial charge >= 0.3 is 0 Å². The minimum atomic E-state index is 0.0371. The molecule has 103 valence electrons.